The lowest BCUT2D eigenvalue weighted by molar-refractivity contribution is -0.384. The molecule has 4 nitrogen and oxygen atoms in total. The van der Waals surface area contributed by atoms with E-state index in [0.717, 1.165) is 28.7 Å². The van der Waals surface area contributed by atoms with Gasteiger partial charge in [-0.25, -0.2) is 0 Å². The SMILES string of the molecule is O=[N+]([O-])c1ccc(CSC(=S)N2CCCC2)cc1. The van der Waals surface area contributed by atoms with Gasteiger partial charge in [0.1, 0.15) is 4.32 Å². The van der Waals surface area contributed by atoms with Crippen LogP contribution in [0.2, 0.25) is 0 Å². The van der Waals surface area contributed by atoms with Crippen molar-refractivity contribution in [2.24, 2.45) is 0 Å². The normalized spacial score (nSPS) is 14.8. The zero-order chi connectivity index (χ0) is 13.0. The van der Waals surface area contributed by atoms with Gasteiger partial charge < -0.3 is 4.90 Å². The Balaban J connectivity index is 1.86. The van der Waals surface area contributed by atoms with Crippen molar-refractivity contribution in [2.45, 2.75) is 18.6 Å². The van der Waals surface area contributed by atoms with Gasteiger partial charge in [-0.15, -0.1) is 0 Å². The molecule has 1 aromatic rings. The van der Waals surface area contributed by atoms with Gasteiger partial charge in [0.05, 0.1) is 4.92 Å². The molecule has 0 radical (unpaired) electrons. The number of likely N-dealkylation sites (tertiary alicyclic amines) is 1. The lowest BCUT2D eigenvalue weighted by atomic mass is 10.2. The molecule has 0 aromatic heterocycles. The molecular weight excluding hydrogens is 268 g/mol. The Morgan fingerprint density at radius 1 is 1.33 bits per heavy atom. The van der Waals surface area contributed by atoms with Gasteiger partial charge in [-0.1, -0.05) is 36.1 Å². The summed E-state index contributed by atoms with van der Waals surface area (Å²) in [6, 6.07) is 6.65. The highest BCUT2D eigenvalue weighted by Gasteiger charge is 2.15. The van der Waals surface area contributed by atoms with E-state index in [0.29, 0.717) is 0 Å². The molecule has 1 aliphatic rings. The van der Waals surface area contributed by atoms with Crippen molar-refractivity contribution in [2.75, 3.05) is 13.1 Å². The minimum absolute atomic E-state index is 0.130. The average Bonchev–Trinajstić information content (AvgIpc) is 2.90. The minimum Gasteiger partial charge on any atom is -0.358 e. The van der Waals surface area contributed by atoms with E-state index in [9.17, 15) is 10.1 Å². The molecule has 1 aliphatic heterocycles. The number of rotatable bonds is 3. The van der Waals surface area contributed by atoms with E-state index in [-0.39, 0.29) is 10.6 Å². The first-order valence-corrected chi connectivity index (χ1v) is 7.21. The van der Waals surface area contributed by atoms with Crippen molar-refractivity contribution in [3.05, 3.63) is 39.9 Å². The van der Waals surface area contributed by atoms with E-state index >= 15 is 0 Å². The third-order valence-corrected chi connectivity index (χ3v) is 4.47. The molecule has 6 heteroatoms. The van der Waals surface area contributed by atoms with Crippen LogP contribution in [0.25, 0.3) is 0 Å². The number of thioether (sulfide) groups is 1. The number of non-ortho nitro benzene ring substituents is 1. The quantitative estimate of drug-likeness (QED) is 0.484. The fourth-order valence-electron chi connectivity index (χ4n) is 1.85. The molecule has 2 rings (SSSR count). The molecule has 1 heterocycles. The molecule has 0 bridgehead atoms. The number of nitrogens with zero attached hydrogens (tertiary/aromatic N) is 2. The van der Waals surface area contributed by atoms with Crippen LogP contribution in [0.1, 0.15) is 18.4 Å². The van der Waals surface area contributed by atoms with E-state index in [4.69, 9.17) is 12.2 Å². The fourth-order valence-corrected chi connectivity index (χ4v) is 3.06. The van der Waals surface area contributed by atoms with E-state index < -0.39 is 0 Å². The second kappa shape index (κ2) is 6.15. The highest BCUT2D eigenvalue weighted by molar-refractivity contribution is 8.22. The minimum atomic E-state index is -0.383. The Morgan fingerprint density at radius 3 is 2.50 bits per heavy atom. The van der Waals surface area contributed by atoms with Crippen LogP contribution < -0.4 is 0 Å². The number of benzene rings is 1. The predicted molar refractivity (Wildman–Crippen MR) is 77.8 cm³/mol. The summed E-state index contributed by atoms with van der Waals surface area (Å²) >= 11 is 6.99. The van der Waals surface area contributed by atoms with Crippen LogP contribution in [0.5, 0.6) is 0 Å². The fraction of sp³-hybridized carbons (Fsp3) is 0.417. The molecule has 1 fully saturated rings. The summed E-state index contributed by atoms with van der Waals surface area (Å²) in [5, 5.41) is 10.5. The zero-order valence-corrected chi connectivity index (χ0v) is 11.5. The standard InChI is InChI=1S/C12H14N2O2S2/c15-14(16)11-5-3-10(4-6-11)9-18-12(17)13-7-1-2-8-13/h3-6H,1-2,7-9H2. The highest BCUT2D eigenvalue weighted by Crippen LogP contribution is 2.21. The summed E-state index contributed by atoms with van der Waals surface area (Å²) in [4.78, 5) is 12.4. The van der Waals surface area contributed by atoms with Gasteiger partial charge >= 0.3 is 0 Å². The van der Waals surface area contributed by atoms with Crippen molar-refractivity contribution in [3.8, 4) is 0 Å². The van der Waals surface area contributed by atoms with Gasteiger partial charge in [0, 0.05) is 31.0 Å². The van der Waals surface area contributed by atoms with Crippen molar-refractivity contribution in [1.82, 2.24) is 4.90 Å². The number of nitro groups is 1. The Morgan fingerprint density at radius 2 is 1.94 bits per heavy atom. The zero-order valence-electron chi connectivity index (χ0n) is 9.87. The van der Waals surface area contributed by atoms with Crippen LogP contribution in [0, 0.1) is 10.1 Å². The predicted octanol–water partition coefficient (Wildman–Crippen LogP) is 3.21. The number of hydrogen-bond acceptors (Lipinski definition) is 4. The molecule has 0 amide bonds. The van der Waals surface area contributed by atoms with Crippen LogP contribution in [0.3, 0.4) is 0 Å². The largest absolute Gasteiger partial charge is 0.358 e. The third kappa shape index (κ3) is 3.43. The Kier molecular flexibility index (Phi) is 4.54. The molecule has 18 heavy (non-hydrogen) atoms. The lowest BCUT2D eigenvalue weighted by Gasteiger charge is -2.17. The first kappa shape index (κ1) is 13.3. The maximum atomic E-state index is 10.5. The van der Waals surface area contributed by atoms with Crippen LogP contribution in [0.15, 0.2) is 24.3 Å². The highest BCUT2D eigenvalue weighted by atomic mass is 32.2. The monoisotopic (exact) mass is 282 g/mol. The third-order valence-electron chi connectivity index (χ3n) is 2.87. The van der Waals surface area contributed by atoms with E-state index in [2.05, 4.69) is 4.90 Å². The summed E-state index contributed by atoms with van der Waals surface area (Å²) in [6.45, 7) is 2.12. The van der Waals surface area contributed by atoms with Crippen molar-refractivity contribution in [3.63, 3.8) is 0 Å². The Labute approximate surface area is 116 Å². The van der Waals surface area contributed by atoms with E-state index in [1.54, 1.807) is 23.9 Å². The van der Waals surface area contributed by atoms with Gasteiger partial charge in [-0.05, 0) is 18.4 Å². The van der Waals surface area contributed by atoms with Crippen molar-refractivity contribution in [1.29, 1.82) is 0 Å². The molecule has 1 saturated heterocycles. The molecule has 0 unspecified atom stereocenters. The van der Waals surface area contributed by atoms with E-state index in [1.165, 1.54) is 25.0 Å². The smallest absolute Gasteiger partial charge is 0.269 e. The first-order chi connectivity index (χ1) is 8.66. The molecule has 96 valence electrons. The van der Waals surface area contributed by atoms with Crippen molar-refractivity contribution < 1.29 is 4.92 Å². The molecular formula is C12H14N2O2S2. The molecule has 0 N–H and O–H groups in total. The van der Waals surface area contributed by atoms with Crippen molar-refractivity contribution >= 4 is 34.0 Å². The molecule has 1 aromatic carbocycles. The molecule has 0 saturated carbocycles. The maximum absolute atomic E-state index is 10.5. The van der Waals surface area contributed by atoms with Gasteiger partial charge in [0.25, 0.3) is 5.69 Å². The summed E-state index contributed by atoms with van der Waals surface area (Å²) < 4.78 is 0.936. The summed E-state index contributed by atoms with van der Waals surface area (Å²) in [5.74, 6) is 0.771. The number of thiocarbonyl (C=S) groups is 1. The topological polar surface area (TPSA) is 46.4 Å². The maximum Gasteiger partial charge on any atom is 0.269 e. The molecule has 0 aliphatic carbocycles. The molecule has 0 atom stereocenters. The summed E-state index contributed by atoms with van der Waals surface area (Å²) in [6.07, 6.45) is 2.44. The summed E-state index contributed by atoms with van der Waals surface area (Å²) in [7, 11) is 0. The van der Waals surface area contributed by atoms with Gasteiger partial charge in [0.15, 0.2) is 0 Å². The molecule has 0 spiro atoms. The average molecular weight is 282 g/mol. The second-order valence-electron chi connectivity index (χ2n) is 4.17. The lowest BCUT2D eigenvalue weighted by Crippen LogP contribution is -2.23. The van der Waals surface area contributed by atoms with Gasteiger partial charge in [0.2, 0.25) is 0 Å². The van der Waals surface area contributed by atoms with Gasteiger partial charge in [-0.2, -0.15) is 0 Å². The number of hydrogen-bond donors (Lipinski definition) is 0. The van der Waals surface area contributed by atoms with Crippen LogP contribution in [-0.4, -0.2) is 27.2 Å². The summed E-state index contributed by atoms with van der Waals surface area (Å²) in [5.41, 5.74) is 1.19. The van der Waals surface area contributed by atoms with Crippen LogP contribution in [0.4, 0.5) is 5.69 Å². The van der Waals surface area contributed by atoms with Crippen LogP contribution >= 0.6 is 24.0 Å². The second-order valence-corrected chi connectivity index (χ2v) is 5.78. The number of nitro benzene ring substituents is 1. The van der Waals surface area contributed by atoms with Gasteiger partial charge in [-0.3, -0.25) is 10.1 Å². The first-order valence-electron chi connectivity index (χ1n) is 5.82. The Hall–Kier alpha value is -1.14. The van der Waals surface area contributed by atoms with E-state index in [1.807, 2.05) is 0 Å². The Bertz CT molecular complexity index is 442. The van der Waals surface area contributed by atoms with Crippen LogP contribution in [-0.2, 0) is 5.75 Å².